The van der Waals surface area contributed by atoms with Crippen LogP contribution >= 0.6 is 15.9 Å². The molecule has 3 heteroatoms. The molecule has 0 spiro atoms. The molecule has 0 unspecified atom stereocenters. The molecule has 0 aliphatic rings. The average Bonchev–Trinajstić information content (AvgIpc) is 2.21. The molecular weight excluding hydrogens is 281 g/mol. The lowest BCUT2D eigenvalue weighted by Gasteiger charge is -2.28. The van der Waals surface area contributed by atoms with Crippen molar-refractivity contribution in [3.05, 3.63) is 34.1 Å². The van der Waals surface area contributed by atoms with Gasteiger partial charge in [0.15, 0.2) is 0 Å². The molecule has 0 aromatic heterocycles. The highest BCUT2D eigenvalue weighted by Gasteiger charge is 2.12. The molecule has 1 aromatic rings. The Kier molecular flexibility index (Phi) is 5.60. The Morgan fingerprint density at radius 2 is 1.88 bits per heavy atom. The van der Waals surface area contributed by atoms with Gasteiger partial charge < -0.3 is 0 Å². The summed E-state index contributed by atoms with van der Waals surface area (Å²) in [6, 6.07) is 5.75. The molecule has 1 nitrogen and oxygen atoms in total. The van der Waals surface area contributed by atoms with Crippen molar-refractivity contribution in [3.8, 4) is 0 Å². The summed E-state index contributed by atoms with van der Waals surface area (Å²) in [5.74, 6) is 0.440. The molecule has 0 heterocycles. The van der Waals surface area contributed by atoms with Crippen LogP contribution < -0.4 is 0 Å². The number of hydrogen-bond acceptors (Lipinski definition) is 1. The Labute approximate surface area is 112 Å². The monoisotopic (exact) mass is 301 g/mol. The van der Waals surface area contributed by atoms with Crippen molar-refractivity contribution < 1.29 is 4.39 Å². The average molecular weight is 302 g/mol. The van der Waals surface area contributed by atoms with E-state index in [1.807, 2.05) is 12.1 Å². The molecule has 1 aromatic carbocycles. The molecule has 0 fully saturated rings. The number of halogens is 2. The molecule has 0 saturated heterocycles. The van der Waals surface area contributed by atoms with Crippen LogP contribution in [0.4, 0.5) is 4.39 Å². The highest BCUT2D eigenvalue weighted by molar-refractivity contribution is 9.10. The fourth-order valence-corrected chi connectivity index (χ4v) is 2.23. The van der Waals surface area contributed by atoms with Gasteiger partial charge in [-0.2, -0.15) is 0 Å². The van der Waals surface area contributed by atoms with Gasteiger partial charge in [0.1, 0.15) is 5.82 Å². The van der Waals surface area contributed by atoms with Crippen molar-refractivity contribution in [2.75, 3.05) is 6.54 Å². The lowest BCUT2D eigenvalue weighted by molar-refractivity contribution is 0.189. The minimum absolute atomic E-state index is 0.200. The van der Waals surface area contributed by atoms with E-state index >= 15 is 0 Å². The highest BCUT2D eigenvalue weighted by atomic mass is 79.9. The Morgan fingerprint density at radius 1 is 1.24 bits per heavy atom. The van der Waals surface area contributed by atoms with E-state index in [2.05, 4.69) is 48.5 Å². The van der Waals surface area contributed by atoms with Crippen LogP contribution in [0.25, 0.3) is 0 Å². The first kappa shape index (κ1) is 14.7. The molecule has 0 bridgehead atoms. The molecule has 0 amide bonds. The van der Waals surface area contributed by atoms with Crippen molar-refractivity contribution in [2.24, 2.45) is 5.92 Å². The highest BCUT2D eigenvalue weighted by Crippen LogP contribution is 2.19. The molecule has 0 aliphatic carbocycles. The smallest absolute Gasteiger partial charge is 0.137 e. The van der Waals surface area contributed by atoms with E-state index in [4.69, 9.17) is 0 Å². The maximum Gasteiger partial charge on any atom is 0.137 e. The standard InChI is InChI=1S/C14H21BrFN/c1-10(2)8-17(11(3)4)9-12-5-6-14(16)13(15)7-12/h5-7,10-11H,8-9H2,1-4H3. The normalized spacial score (nSPS) is 11.8. The zero-order valence-electron chi connectivity index (χ0n) is 11.0. The van der Waals surface area contributed by atoms with Crippen molar-refractivity contribution in [2.45, 2.75) is 40.3 Å². The van der Waals surface area contributed by atoms with Crippen LogP contribution in [0.15, 0.2) is 22.7 Å². The molecule has 17 heavy (non-hydrogen) atoms. The third kappa shape index (κ3) is 4.76. The van der Waals surface area contributed by atoms with E-state index in [0.29, 0.717) is 16.4 Å². The SMILES string of the molecule is CC(C)CN(Cc1ccc(F)c(Br)c1)C(C)C. The number of hydrogen-bond donors (Lipinski definition) is 0. The van der Waals surface area contributed by atoms with Gasteiger partial charge in [0.05, 0.1) is 4.47 Å². The Balaban J connectivity index is 2.75. The van der Waals surface area contributed by atoms with E-state index < -0.39 is 0 Å². The maximum absolute atomic E-state index is 13.1. The second kappa shape index (κ2) is 6.50. The van der Waals surface area contributed by atoms with E-state index in [9.17, 15) is 4.39 Å². The summed E-state index contributed by atoms with van der Waals surface area (Å²) in [7, 11) is 0. The summed E-state index contributed by atoms with van der Waals surface area (Å²) in [4.78, 5) is 2.41. The summed E-state index contributed by atoms with van der Waals surface area (Å²) >= 11 is 3.23. The molecule has 0 aliphatic heterocycles. The maximum atomic E-state index is 13.1. The first-order chi connectivity index (χ1) is 7.90. The van der Waals surface area contributed by atoms with Crippen LogP contribution in [0.3, 0.4) is 0 Å². The van der Waals surface area contributed by atoms with E-state index in [1.165, 1.54) is 6.07 Å². The second-order valence-corrected chi connectivity index (χ2v) is 6.02. The number of benzene rings is 1. The van der Waals surface area contributed by atoms with Crippen LogP contribution in [0.5, 0.6) is 0 Å². The quantitative estimate of drug-likeness (QED) is 0.776. The van der Waals surface area contributed by atoms with Crippen LogP contribution in [-0.2, 0) is 6.54 Å². The molecule has 0 saturated carbocycles. The van der Waals surface area contributed by atoms with Gasteiger partial charge in [-0.05, 0) is 53.4 Å². The van der Waals surface area contributed by atoms with E-state index in [-0.39, 0.29) is 5.82 Å². The lowest BCUT2D eigenvalue weighted by atomic mass is 10.1. The fourth-order valence-electron chi connectivity index (χ4n) is 1.80. The molecule has 96 valence electrons. The third-order valence-corrected chi connectivity index (χ3v) is 3.31. The van der Waals surface area contributed by atoms with Gasteiger partial charge in [0.2, 0.25) is 0 Å². The van der Waals surface area contributed by atoms with E-state index in [0.717, 1.165) is 18.7 Å². The van der Waals surface area contributed by atoms with Crippen molar-refractivity contribution >= 4 is 15.9 Å². The summed E-state index contributed by atoms with van der Waals surface area (Å²) in [5.41, 5.74) is 1.15. The molecule has 0 N–H and O–H groups in total. The summed E-state index contributed by atoms with van der Waals surface area (Å²) in [5, 5.41) is 0. The Bertz CT molecular complexity index is 363. The van der Waals surface area contributed by atoms with Gasteiger partial charge in [-0.15, -0.1) is 0 Å². The van der Waals surface area contributed by atoms with Crippen LogP contribution in [0, 0.1) is 11.7 Å². The fraction of sp³-hybridized carbons (Fsp3) is 0.571. The van der Waals surface area contributed by atoms with Crippen molar-refractivity contribution in [3.63, 3.8) is 0 Å². The van der Waals surface area contributed by atoms with Crippen LogP contribution in [0.1, 0.15) is 33.3 Å². The largest absolute Gasteiger partial charge is 0.296 e. The minimum Gasteiger partial charge on any atom is -0.296 e. The third-order valence-electron chi connectivity index (χ3n) is 2.70. The zero-order valence-corrected chi connectivity index (χ0v) is 12.6. The summed E-state index contributed by atoms with van der Waals surface area (Å²) < 4.78 is 13.7. The Hall–Kier alpha value is -0.410. The predicted molar refractivity (Wildman–Crippen MR) is 74.5 cm³/mol. The van der Waals surface area contributed by atoms with Crippen molar-refractivity contribution in [1.29, 1.82) is 0 Å². The predicted octanol–water partition coefficient (Wildman–Crippen LogP) is 4.45. The van der Waals surface area contributed by atoms with Gasteiger partial charge in [-0.3, -0.25) is 4.90 Å². The first-order valence-corrected chi connectivity index (χ1v) is 6.87. The minimum atomic E-state index is -0.200. The van der Waals surface area contributed by atoms with E-state index in [1.54, 1.807) is 0 Å². The first-order valence-electron chi connectivity index (χ1n) is 6.08. The zero-order chi connectivity index (χ0) is 13.0. The Morgan fingerprint density at radius 3 is 2.35 bits per heavy atom. The van der Waals surface area contributed by atoms with Gasteiger partial charge in [-0.1, -0.05) is 19.9 Å². The summed E-state index contributed by atoms with van der Waals surface area (Å²) in [6.07, 6.45) is 0. The molecular formula is C14H21BrFN. The van der Waals surface area contributed by atoms with Gasteiger partial charge in [0.25, 0.3) is 0 Å². The molecule has 0 radical (unpaired) electrons. The van der Waals surface area contributed by atoms with Crippen LogP contribution in [-0.4, -0.2) is 17.5 Å². The summed E-state index contributed by atoms with van der Waals surface area (Å²) in [6.45, 7) is 10.8. The second-order valence-electron chi connectivity index (χ2n) is 5.17. The molecule has 0 atom stereocenters. The van der Waals surface area contributed by atoms with Gasteiger partial charge >= 0.3 is 0 Å². The molecule has 1 rings (SSSR count). The van der Waals surface area contributed by atoms with Crippen LogP contribution in [0.2, 0.25) is 0 Å². The van der Waals surface area contributed by atoms with Crippen molar-refractivity contribution in [1.82, 2.24) is 4.90 Å². The number of rotatable bonds is 5. The number of nitrogens with zero attached hydrogens (tertiary/aromatic N) is 1. The topological polar surface area (TPSA) is 3.24 Å². The lowest BCUT2D eigenvalue weighted by Crippen LogP contribution is -2.33. The van der Waals surface area contributed by atoms with Gasteiger partial charge in [0, 0.05) is 19.1 Å². The van der Waals surface area contributed by atoms with Gasteiger partial charge in [-0.25, -0.2) is 4.39 Å².